The van der Waals surface area contributed by atoms with E-state index in [0.29, 0.717) is 0 Å². The Balaban J connectivity index is 1.69. The Morgan fingerprint density at radius 1 is 1.44 bits per heavy atom. The van der Waals surface area contributed by atoms with Crippen LogP contribution in [0.15, 0.2) is 29.3 Å². The van der Waals surface area contributed by atoms with Crippen LogP contribution in [0.4, 0.5) is 0 Å². The van der Waals surface area contributed by atoms with Crippen molar-refractivity contribution in [2.75, 3.05) is 26.7 Å². The summed E-state index contributed by atoms with van der Waals surface area (Å²) in [6.45, 7) is 2.91. The molecule has 0 saturated heterocycles. The van der Waals surface area contributed by atoms with Gasteiger partial charge >= 0.3 is 0 Å². The van der Waals surface area contributed by atoms with E-state index < -0.39 is 0 Å². The molecule has 18 heavy (non-hydrogen) atoms. The standard InChI is InChI=1S/C14H21N3O/c1-18-13-7-2-5-12(11-13)6-3-8-15-14-16-9-4-10-17-14/h2,5,7,11H,3-4,6,8-10H2,1H3,(H2,15,16,17). The number of rotatable bonds is 5. The summed E-state index contributed by atoms with van der Waals surface area (Å²) in [6.07, 6.45) is 3.28. The van der Waals surface area contributed by atoms with E-state index in [9.17, 15) is 0 Å². The predicted molar refractivity (Wildman–Crippen MR) is 74.2 cm³/mol. The molecule has 0 aliphatic carbocycles. The van der Waals surface area contributed by atoms with Crippen LogP contribution in [-0.4, -0.2) is 32.7 Å². The van der Waals surface area contributed by atoms with Crippen LogP contribution in [0.2, 0.25) is 0 Å². The molecule has 0 aromatic heterocycles. The molecule has 1 aromatic rings. The SMILES string of the molecule is COc1cccc(CCCNC2=NCCCN2)c1. The zero-order chi connectivity index (χ0) is 12.6. The van der Waals surface area contributed by atoms with Gasteiger partial charge in [0.1, 0.15) is 5.75 Å². The molecular formula is C14H21N3O. The zero-order valence-corrected chi connectivity index (χ0v) is 10.9. The van der Waals surface area contributed by atoms with Gasteiger partial charge in [0, 0.05) is 19.6 Å². The molecule has 0 atom stereocenters. The van der Waals surface area contributed by atoms with Gasteiger partial charge in [0.2, 0.25) is 0 Å². The minimum atomic E-state index is 0.929. The third-order valence-corrected chi connectivity index (χ3v) is 2.97. The first-order valence-electron chi connectivity index (χ1n) is 6.53. The average molecular weight is 247 g/mol. The van der Waals surface area contributed by atoms with E-state index in [1.54, 1.807) is 7.11 Å². The number of hydrogen-bond acceptors (Lipinski definition) is 4. The highest BCUT2D eigenvalue weighted by Gasteiger charge is 2.02. The number of methoxy groups -OCH3 is 1. The number of benzene rings is 1. The van der Waals surface area contributed by atoms with Crippen LogP contribution in [0.3, 0.4) is 0 Å². The molecule has 4 heteroatoms. The largest absolute Gasteiger partial charge is 0.497 e. The molecule has 0 amide bonds. The van der Waals surface area contributed by atoms with Crippen LogP contribution >= 0.6 is 0 Å². The number of aliphatic imine (C=N–C) groups is 1. The van der Waals surface area contributed by atoms with Crippen LogP contribution in [-0.2, 0) is 6.42 Å². The normalized spacial score (nSPS) is 14.6. The first-order valence-corrected chi connectivity index (χ1v) is 6.53. The Morgan fingerprint density at radius 3 is 3.17 bits per heavy atom. The fourth-order valence-electron chi connectivity index (χ4n) is 1.98. The maximum atomic E-state index is 5.21. The molecule has 1 heterocycles. The Bertz CT molecular complexity index is 404. The summed E-state index contributed by atoms with van der Waals surface area (Å²) in [5.74, 6) is 1.88. The minimum absolute atomic E-state index is 0.929. The lowest BCUT2D eigenvalue weighted by Crippen LogP contribution is -2.41. The molecule has 0 saturated carbocycles. The zero-order valence-electron chi connectivity index (χ0n) is 10.9. The van der Waals surface area contributed by atoms with Gasteiger partial charge in [0.25, 0.3) is 0 Å². The third kappa shape index (κ3) is 3.95. The Labute approximate surface area is 108 Å². The molecule has 0 unspecified atom stereocenters. The second-order valence-electron chi connectivity index (χ2n) is 4.39. The topological polar surface area (TPSA) is 45.6 Å². The van der Waals surface area contributed by atoms with E-state index in [1.165, 1.54) is 5.56 Å². The Morgan fingerprint density at radius 2 is 2.39 bits per heavy atom. The van der Waals surface area contributed by atoms with Gasteiger partial charge < -0.3 is 15.4 Å². The van der Waals surface area contributed by atoms with E-state index in [0.717, 1.165) is 50.6 Å². The van der Waals surface area contributed by atoms with Gasteiger partial charge in [-0.25, -0.2) is 0 Å². The van der Waals surface area contributed by atoms with Crippen molar-refractivity contribution >= 4 is 5.96 Å². The molecule has 0 bridgehead atoms. The molecule has 0 fully saturated rings. The molecule has 1 aromatic carbocycles. The fourth-order valence-corrected chi connectivity index (χ4v) is 1.98. The maximum Gasteiger partial charge on any atom is 0.191 e. The molecule has 2 rings (SSSR count). The Hall–Kier alpha value is -1.71. The highest BCUT2D eigenvalue weighted by Crippen LogP contribution is 2.13. The highest BCUT2D eigenvalue weighted by molar-refractivity contribution is 5.80. The second kappa shape index (κ2) is 6.89. The van der Waals surface area contributed by atoms with Gasteiger partial charge in [0.15, 0.2) is 5.96 Å². The number of nitrogens with zero attached hydrogens (tertiary/aromatic N) is 1. The third-order valence-electron chi connectivity index (χ3n) is 2.97. The van der Waals surface area contributed by atoms with Crippen molar-refractivity contribution in [2.24, 2.45) is 4.99 Å². The number of hydrogen-bond donors (Lipinski definition) is 2. The van der Waals surface area contributed by atoms with Gasteiger partial charge in [-0.3, -0.25) is 4.99 Å². The van der Waals surface area contributed by atoms with Crippen molar-refractivity contribution in [1.29, 1.82) is 0 Å². The van der Waals surface area contributed by atoms with Crippen LogP contribution in [0.1, 0.15) is 18.4 Å². The number of nitrogens with one attached hydrogen (secondary N) is 2. The first-order chi connectivity index (χ1) is 8.88. The lowest BCUT2D eigenvalue weighted by atomic mass is 10.1. The van der Waals surface area contributed by atoms with E-state index in [1.807, 2.05) is 12.1 Å². The molecule has 0 spiro atoms. The number of ether oxygens (including phenoxy) is 1. The summed E-state index contributed by atoms with van der Waals surface area (Å²) >= 11 is 0. The van der Waals surface area contributed by atoms with E-state index >= 15 is 0 Å². The lowest BCUT2D eigenvalue weighted by Gasteiger charge is -2.15. The summed E-state index contributed by atoms with van der Waals surface area (Å²) in [7, 11) is 1.70. The summed E-state index contributed by atoms with van der Waals surface area (Å²) in [6, 6.07) is 8.24. The van der Waals surface area contributed by atoms with Gasteiger partial charge in [-0.15, -0.1) is 0 Å². The van der Waals surface area contributed by atoms with Gasteiger partial charge in [-0.05, 0) is 37.0 Å². The van der Waals surface area contributed by atoms with Crippen molar-refractivity contribution in [3.05, 3.63) is 29.8 Å². The quantitative estimate of drug-likeness (QED) is 0.776. The monoisotopic (exact) mass is 247 g/mol. The van der Waals surface area contributed by atoms with Gasteiger partial charge in [-0.1, -0.05) is 12.1 Å². The van der Waals surface area contributed by atoms with Crippen LogP contribution < -0.4 is 15.4 Å². The molecule has 98 valence electrons. The van der Waals surface area contributed by atoms with E-state index in [2.05, 4.69) is 27.8 Å². The molecule has 4 nitrogen and oxygen atoms in total. The van der Waals surface area contributed by atoms with Gasteiger partial charge in [0.05, 0.1) is 7.11 Å². The predicted octanol–water partition coefficient (Wildman–Crippen LogP) is 1.57. The summed E-state index contributed by atoms with van der Waals surface area (Å²) in [4.78, 5) is 4.38. The number of guanidine groups is 1. The molecular weight excluding hydrogens is 226 g/mol. The first kappa shape index (κ1) is 12.7. The van der Waals surface area contributed by atoms with Gasteiger partial charge in [-0.2, -0.15) is 0 Å². The fraction of sp³-hybridized carbons (Fsp3) is 0.500. The van der Waals surface area contributed by atoms with Crippen LogP contribution in [0.5, 0.6) is 5.75 Å². The van der Waals surface area contributed by atoms with Crippen molar-refractivity contribution in [3.63, 3.8) is 0 Å². The van der Waals surface area contributed by atoms with Crippen molar-refractivity contribution in [3.8, 4) is 5.75 Å². The van der Waals surface area contributed by atoms with Crippen molar-refractivity contribution < 1.29 is 4.74 Å². The average Bonchev–Trinajstić information content (AvgIpc) is 2.45. The Kier molecular flexibility index (Phi) is 4.88. The summed E-state index contributed by atoms with van der Waals surface area (Å²) < 4.78 is 5.21. The molecule has 0 radical (unpaired) electrons. The summed E-state index contributed by atoms with van der Waals surface area (Å²) in [5, 5.41) is 6.58. The van der Waals surface area contributed by atoms with E-state index in [4.69, 9.17) is 4.74 Å². The van der Waals surface area contributed by atoms with Crippen molar-refractivity contribution in [2.45, 2.75) is 19.3 Å². The second-order valence-corrected chi connectivity index (χ2v) is 4.39. The number of aryl methyl sites for hydroxylation is 1. The highest BCUT2D eigenvalue weighted by atomic mass is 16.5. The smallest absolute Gasteiger partial charge is 0.191 e. The van der Waals surface area contributed by atoms with Crippen LogP contribution in [0.25, 0.3) is 0 Å². The summed E-state index contributed by atoms with van der Waals surface area (Å²) in [5.41, 5.74) is 1.31. The molecule has 1 aliphatic rings. The van der Waals surface area contributed by atoms with Crippen molar-refractivity contribution in [1.82, 2.24) is 10.6 Å². The van der Waals surface area contributed by atoms with Crippen LogP contribution in [0, 0.1) is 0 Å². The lowest BCUT2D eigenvalue weighted by molar-refractivity contribution is 0.414. The molecule has 1 aliphatic heterocycles. The molecule has 2 N–H and O–H groups in total. The van der Waals surface area contributed by atoms with E-state index in [-0.39, 0.29) is 0 Å². The minimum Gasteiger partial charge on any atom is -0.497 e. The maximum absolute atomic E-state index is 5.21.